The summed E-state index contributed by atoms with van der Waals surface area (Å²) in [6.45, 7) is 3.80. The third-order valence-electron chi connectivity index (χ3n) is 4.16. The number of nitrogens with one attached hydrogen (secondary N) is 1. The van der Waals surface area contributed by atoms with Gasteiger partial charge in [-0.05, 0) is 32.6 Å². The van der Waals surface area contributed by atoms with Crippen molar-refractivity contribution >= 4 is 16.7 Å². The number of likely N-dealkylation sites (tertiary alicyclic amines) is 1. The summed E-state index contributed by atoms with van der Waals surface area (Å²) in [5.74, 6) is 1.80. The highest BCUT2D eigenvalue weighted by Gasteiger charge is 2.25. The van der Waals surface area contributed by atoms with Crippen LogP contribution in [0, 0.1) is 0 Å². The molecule has 0 aromatic heterocycles. The van der Waals surface area contributed by atoms with E-state index in [1.54, 1.807) is 0 Å². The molecular weight excluding hydrogens is 260 g/mol. The van der Waals surface area contributed by atoms with Gasteiger partial charge in [0.15, 0.2) is 0 Å². The second kappa shape index (κ2) is 7.39. The molecule has 0 bridgehead atoms. The van der Waals surface area contributed by atoms with Crippen molar-refractivity contribution in [2.75, 3.05) is 24.6 Å². The largest absolute Gasteiger partial charge is 0.341 e. The van der Waals surface area contributed by atoms with Crippen molar-refractivity contribution in [2.24, 2.45) is 0 Å². The molecule has 19 heavy (non-hydrogen) atoms. The molecule has 2 aliphatic rings. The van der Waals surface area contributed by atoms with Crippen molar-refractivity contribution < 1.29 is 9.00 Å². The maximum absolute atomic E-state index is 12.4. The van der Waals surface area contributed by atoms with Gasteiger partial charge in [-0.3, -0.25) is 9.00 Å². The molecule has 110 valence electrons. The Balaban J connectivity index is 1.79. The molecule has 0 aliphatic carbocycles. The third kappa shape index (κ3) is 4.56. The Hall–Kier alpha value is -0.420. The lowest BCUT2D eigenvalue weighted by Gasteiger charge is -2.29. The lowest BCUT2D eigenvalue weighted by molar-refractivity contribution is -0.133. The molecule has 1 N–H and O–H groups in total. The average Bonchev–Trinajstić information content (AvgIpc) is 2.69. The maximum Gasteiger partial charge on any atom is 0.239 e. The highest BCUT2D eigenvalue weighted by atomic mass is 32.2. The summed E-state index contributed by atoms with van der Waals surface area (Å²) < 4.78 is 11.3. The van der Waals surface area contributed by atoms with Gasteiger partial charge in [-0.15, -0.1) is 0 Å². The zero-order valence-electron chi connectivity index (χ0n) is 11.9. The first-order valence-corrected chi connectivity index (χ1v) is 9.05. The SMILES string of the molecule is CC(NC1CCS(=O)CC1)C(=O)N1CCCCCC1. The molecule has 0 radical (unpaired) electrons. The fourth-order valence-corrected chi connectivity index (χ4v) is 4.25. The molecule has 0 aromatic carbocycles. The highest BCUT2D eigenvalue weighted by molar-refractivity contribution is 7.85. The van der Waals surface area contributed by atoms with Crippen LogP contribution in [-0.2, 0) is 15.6 Å². The summed E-state index contributed by atoms with van der Waals surface area (Å²) in [4.78, 5) is 14.4. The van der Waals surface area contributed by atoms with Crippen LogP contribution >= 0.6 is 0 Å². The van der Waals surface area contributed by atoms with Crippen LogP contribution in [0.3, 0.4) is 0 Å². The third-order valence-corrected chi connectivity index (χ3v) is 5.54. The second-order valence-electron chi connectivity index (χ2n) is 5.75. The van der Waals surface area contributed by atoms with Crippen molar-refractivity contribution in [3.63, 3.8) is 0 Å². The van der Waals surface area contributed by atoms with Crippen molar-refractivity contribution in [3.05, 3.63) is 0 Å². The van der Waals surface area contributed by atoms with E-state index in [1.165, 1.54) is 12.8 Å². The molecule has 1 unspecified atom stereocenters. The quantitative estimate of drug-likeness (QED) is 0.850. The Kier molecular flexibility index (Phi) is 5.82. The van der Waals surface area contributed by atoms with Crippen molar-refractivity contribution in [3.8, 4) is 0 Å². The Morgan fingerprint density at radius 2 is 1.74 bits per heavy atom. The summed E-state index contributed by atoms with van der Waals surface area (Å²) in [7, 11) is -0.628. The van der Waals surface area contributed by atoms with Gasteiger partial charge in [-0.2, -0.15) is 0 Å². The Labute approximate surface area is 118 Å². The van der Waals surface area contributed by atoms with E-state index in [0.717, 1.165) is 50.3 Å². The van der Waals surface area contributed by atoms with Gasteiger partial charge in [0, 0.05) is 41.4 Å². The van der Waals surface area contributed by atoms with Gasteiger partial charge < -0.3 is 10.2 Å². The number of hydrogen-bond acceptors (Lipinski definition) is 3. The first kappa shape index (κ1) is 15.0. The molecule has 4 nitrogen and oxygen atoms in total. The molecule has 2 rings (SSSR count). The van der Waals surface area contributed by atoms with Gasteiger partial charge in [0.2, 0.25) is 5.91 Å². The van der Waals surface area contributed by atoms with Gasteiger partial charge in [-0.1, -0.05) is 12.8 Å². The van der Waals surface area contributed by atoms with E-state index in [1.807, 2.05) is 11.8 Å². The summed E-state index contributed by atoms with van der Waals surface area (Å²) in [6.07, 6.45) is 6.65. The standard InChI is InChI=1S/C14H26N2O2S/c1-12(15-13-6-10-19(18)11-7-13)14(17)16-8-4-2-3-5-9-16/h12-13,15H,2-11H2,1H3. The molecule has 0 saturated carbocycles. The molecule has 0 spiro atoms. The van der Waals surface area contributed by atoms with Gasteiger partial charge in [0.1, 0.15) is 0 Å². The molecular formula is C14H26N2O2S. The molecule has 1 amide bonds. The Bertz CT molecular complexity index is 317. The fraction of sp³-hybridized carbons (Fsp3) is 0.929. The highest BCUT2D eigenvalue weighted by Crippen LogP contribution is 2.13. The lowest BCUT2D eigenvalue weighted by atomic mass is 10.1. The first-order valence-electron chi connectivity index (χ1n) is 7.56. The van der Waals surface area contributed by atoms with E-state index < -0.39 is 10.8 Å². The molecule has 2 fully saturated rings. The predicted octanol–water partition coefficient (Wildman–Crippen LogP) is 1.28. The van der Waals surface area contributed by atoms with Crippen LogP contribution < -0.4 is 5.32 Å². The predicted molar refractivity (Wildman–Crippen MR) is 78.5 cm³/mol. The minimum absolute atomic E-state index is 0.102. The van der Waals surface area contributed by atoms with E-state index in [0.29, 0.717) is 6.04 Å². The minimum Gasteiger partial charge on any atom is -0.341 e. The smallest absolute Gasteiger partial charge is 0.239 e. The van der Waals surface area contributed by atoms with Crippen LogP contribution in [0.25, 0.3) is 0 Å². The molecule has 2 heterocycles. The average molecular weight is 286 g/mol. The van der Waals surface area contributed by atoms with Crippen LogP contribution in [0.5, 0.6) is 0 Å². The summed E-state index contributed by atoms with van der Waals surface area (Å²) >= 11 is 0. The number of carbonyl (C=O) groups is 1. The summed E-state index contributed by atoms with van der Waals surface area (Å²) in [6, 6.07) is 0.262. The van der Waals surface area contributed by atoms with E-state index in [-0.39, 0.29) is 11.9 Å². The zero-order chi connectivity index (χ0) is 13.7. The van der Waals surface area contributed by atoms with Crippen molar-refractivity contribution in [1.82, 2.24) is 10.2 Å². The molecule has 2 aliphatic heterocycles. The van der Waals surface area contributed by atoms with Gasteiger partial charge in [0.25, 0.3) is 0 Å². The van der Waals surface area contributed by atoms with Crippen LogP contribution in [0.1, 0.15) is 45.4 Å². The number of carbonyl (C=O) groups excluding carboxylic acids is 1. The normalized spacial score (nSPS) is 30.7. The van der Waals surface area contributed by atoms with E-state index in [9.17, 15) is 9.00 Å². The molecule has 2 saturated heterocycles. The molecule has 5 heteroatoms. The molecule has 1 atom stereocenters. The lowest BCUT2D eigenvalue weighted by Crippen LogP contribution is -2.50. The Morgan fingerprint density at radius 1 is 1.16 bits per heavy atom. The summed E-state index contributed by atoms with van der Waals surface area (Å²) in [5, 5.41) is 3.43. The maximum atomic E-state index is 12.4. The fourth-order valence-electron chi connectivity index (χ4n) is 2.95. The van der Waals surface area contributed by atoms with Crippen LogP contribution in [0.4, 0.5) is 0 Å². The van der Waals surface area contributed by atoms with Gasteiger partial charge in [0.05, 0.1) is 6.04 Å². The number of rotatable bonds is 3. The van der Waals surface area contributed by atoms with Crippen LogP contribution in [0.2, 0.25) is 0 Å². The van der Waals surface area contributed by atoms with Crippen LogP contribution in [-0.4, -0.2) is 51.7 Å². The Morgan fingerprint density at radius 3 is 2.32 bits per heavy atom. The van der Waals surface area contributed by atoms with Crippen molar-refractivity contribution in [1.29, 1.82) is 0 Å². The number of amides is 1. The van der Waals surface area contributed by atoms with Crippen molar-refractivity contribution in [2.45, 2.75) is 57.5 Å². The van der Waals surface area contributed by atoms with Gasteiger partial charge >= 0.3 is 0 Å². The monoisotopic (exact) mass is 286 g/mol. The van der Waals surface area contributed by atoms with E-state index in [2.05, 4.69) is 5.32 Å². The van der Waals surface area contributed by atoms with Crippen LogP contribution in [0.15, 0.2) is 0 Å². The summed E-state index contributed by atoms with van der Waals surface area (Å²) in [5.41, 5.74) is 0. The second-order valence-corrected chi connectivity index (χ2v) is 7.45. The van der Waals surface area contributed by atoms with E-state index in [4.69, 9.17) is 0 Å². The van der Waals surface area contributed by atoms with Gasteiger partial charge in [-0.25, -0.2) is 0 Å². The molecule has 0 aromatic rings. The zero-order valence-corrected chi connectivity index (χ0v) is 12.7. The first-order chi connectivity index (χ1) is 9.16. The minimum atomic E-state index is -0.628. The van der Waals surface area contributed by atoms with E-state index >= 15 is 0 Å². The number of nitrogens with zero attached hydrogens (tertiary/aromatic N) is 1. The number of hydrogen-bond donors (Lipinski definition) is 1. The topological polar surface area (TPSA) is 49.4 Å².